The van der Waals surface area contributed by atoms with Crippen LogP contribution in [-0.4, -0.2) is 0 Å². The predicted octanol–water partition coefficient (Wildman–Crippen LogP) is 5.23. The summed E-state index contributed by atoms with van der Waals surface area (Å²) in [5.74, 6) is 0. The molecule has 0 saturated carbocycles. The lowest BCUT2D eigenvalue weighted by Gasteiger charge is -2.30. The number of rotatable bonds is 1. The summed E-state index contributed by atoms with van der Waals surface area (Å²) in [6.07, 6.45) is 1.97. The van der Waals surface area contributed by atoms with Gasteiger partial charge in [0.15, 0.2) is 0 Å². The van der Waals surface area contributed by atoms with Gasteiger partial charge in [-0.2, -0.15) is 0 Å². The normalized spacial score (nSPS) is 12.6. The molecule has 0 heterocycles. The molecule has 0 unspecified atom stereocenters. The standard InChI is InChI=1S/C17H26/c1-9-13-10-11-14(16(3,4)5)12(2)15(13)17(6,7)8/h9-11H,1H2,2-8H3. The van der Waals surface area contributed by atoms with Crippen LogP contribution in [0.15, 0.2) is 18.7 Å². The summed E-state index contributed by atoms with van der Waals surface area (Å²) in [4.78, 5) is 0. The van der Waals surface area contributed by atoms with Gasteiger partial charge >= 0.3 is 0 Å². The molecule has 0 atom stereocenters. The van der Waals surface area contributed by atoms with Gasteiger partial charge in [-0.1, -0.05) is 66.3 Å². The van der Waals surface area contributed by atoms with Crippen LogP contribution in [0.1, 0.15) is 63.8 Å². The molecule has 0 N–H and O–H groups in total. The van der Waals surface area contributed by atoms with Gasteiger partial charge in [0.2, 0.25) is 0 Å². The molecule has 1 aromatic carbocycles. The lowest BCUT2D eigenvalue weighted by atomic mass is 9.75. The van der Waals surface area contributed by atoms with Gasteiger partial charge in [-0.3, -0.25) is 0 Å². The summed E-state index contributed by atoms with van der Waals surface area (Å²) >= 11 is 0. The molecule has 0 aliphatic heterocycles. The molecule has 0 fully saturated rings. The SMILES string of the molecule is C=Cc1ccc(C(C)(C)C)c(C)c1C(C)(C)C. The molecule has 0 radical (unpaired) electrons. The number of hydrogen-bond acceptors (Lipinski definition) is 0. The lowest BCUT2D eigenvalue weighted by molar-refractivity contribution is 0.560. The van der Waals surface area contributed by atoms with Gasteiger partial charge < -0.3 is 0 Å². The fourth-order valence-corrected chi connectivity index (χ4v) is 2.71. The van der Waals surface area contributed by atoms with Gasteiger partial charge in [-0.05, 0) is 40.0 Å². The van der Waals surface area contributed by atoms with E-state index in [9.17, 15) is 0 Å². The Morgan fingerprint density at radius 2 is 1.47 bits per heavy atom. The molecule has 0 aromatic heterocycles. The molecule has 0 heteroatoms. The second-order valence-corrected chi connectivity index (χ2v) is 6.91. The Balaban J connectivity index is 3.61. The van der Waals surface area contributed by atoms with E-state index in [4.69, 9.17) is 0 Å². The number of benzene rings is 1. The van der Waals surface area contributed by atoms with E-state index in [-0.39, 0.29) is 10.8 Å². The smallest absolute Gasteiger partial charge is 0.0123 e. The van der Waals surface area contributed by atoms with Crippen molar-refractivity contribution in [3.05, 3.63) is 41.0 Å². The number of hydrogen-bond donors (Lipinski definition) is 0. The molecule has 94 valence electrons. The van der Waals surface area contributed by atoms with Crippen molar-refractivity contribution in [3.63, 3.8) is 0 Å². The highest BCUT2D eigenvalue weighted by molar-refractivity contribution is 5.59. The zero-order chi connectivity index (χ0) is 13.4. The van der Waals surface area contributed by atoms with Crippen molar-refractivity contribution >= 4 is 6.08 Å². The monoisotopic (exact) mass is 230 g/mol. The van der Waals surface area contributed by atoms with Gasteiger partial charge in [0.05, 0.1) is 0 Å². The minimum Gasteiger partial charge on any atom is -0.0985 e. The van der Waals surface area contributed by atoms with Crippen molar-refractivity contribution < 1.29 is 0 Å². The van der Waals surface area contributed by atoms with Crippen LogP contribution in [0.4, 0.5) is 0 Å². The average molecular weight is 230 g/mol. The topological polar surface area (TPSA) is 0 Å². The van der Waals surface area contributed by atoms with Crippen LogP contribution in [-0.2, 0) is 10.8 Å². The molecule has 0 spiro atoms. The largest absolute Gasteiger partial charge is 0.0985 e. The summed E-state index contributed by atoms with van der Waals surface area (Å²) in [5, 5.41) is 0. The first-order chi connectivity index (χ1) is 7.59. The van der Waals surface area contributed by atoms with Crippen LogP contribution in [0.5, 0.6) is 0 Å². The molecule has 1 aromatic rings. The van der Waals surface area contributed by atoms with Crippen molar-refractivity contribution in [2.45, 2.75) is 59.3 Å². The van der Waals surface area contributed by atoms with Gasteiger partial charge in [0, 0.05) is 0 Å². The lowest BCUT2D eigenvalue weighted by Crippen LogP contribution is -2.20. The maximum absolute atomic E-state index is 3.94. The van der Waals surface area contributed by atoms with Crippen LogP contribution < -0.4 is 0 Å². The van der Waals surface area contributed by atoms with E-state index in [1.807, 2.05) is 6.08 Å². The fraction of sp³-hybridized carbons (Fsp3) is 0.529. The molecule has 0 amide bonds. The Labute approximate surface area is 107 Å². The quantitative estimate of drug-likeness (QED) is 0.619. The first-order valence-electron chi connectivity index (χ1n) is 6.36. The molecular weight excluding hydrogens is 204 g/mol. The highest BCUT2D eigenvalue weighted by Crippen LogP contribution is 2.35. The molecule has 0 aliphatic carbocycles. The molecule has 0 saturated heterocycles. The van der Waals surface area contributed by atoms with Crippen molar-refractivity contribution in [2.75, 3.05) is 0 Å². The minimum absolute atomic E-state index is 0.162. The van der Waals surface area contributed by atoms with E-state index >= 15 is 0 Å². The van der Waals surface area contributed by atoms with Crippen LogP contribution >= 0.6 is 0 Å². The summed E-state index contributed by atoms with van der Waals surface area (Å²) in [5.41, 5.74) is 5.91. The third-order valence-corrected chi connectivity index (χ3v) is 3.28. The first-order valence-corrected chi connectivity index (χ1v) is 6.36. The molecular formula is C17H26. The van der Waals surface area contributed by atoms with Gasteiger partial charge in [0.25, 0.3) is 0 Å². The van der Waals surface area contributed by atoms with E-state index < -0.39 is 0 Å². The second kappa shape index (κ2) is 4.33. The van der Waals surface area contributed by atoms with Crippen LogP contribution in [0.2, 0.25) is 0 Å². The van der Waals surface area contributed by atoms with Crippen molar-refractivity contribution in [1.82, 2.24) is 0 Å². The maximum atomic E-state index is 3.94. The Morgan fingerprint density at radius 3 is 1.82 bits per heavy atom. The first kappa shape index (κ1) is 14.0. The highest BCUT2D eigenvalue weighted by Gasteiger charge is 2.24. The Bertz CT molecular complexity index is 423. The van der Waals surface area contributed by atoms with E-state index in [1.165, 1.54) is 22.3 Å². The average Bonchev–Trinajstić information content (AvgIpc) is 2.12. The molecule has 0 nitrogen and oxygen atoms in total. The van der Waals surface area contributed by atoms with Crippen molar-refractivity contribution in [3.8, 4) is 0 Å². The minimum atomic E-state index is 0.162. The molecule has 1 rings (SSSR count). The van der Waals surface area contributed by atoms with Crippen LogP contribution in [0, 0.1) is 6.92 Å². The van der Waals surface area contributed by atoms with Gasteiger partial charge in [-0.15, -0.1) is 0 Å². The zero-order valence-electron chi connectivity index (χ0n) is 12.4. The third kappa shape index (κ3) is 2.80. The Kier molecular flexibility index (Phi) is 3.57. The summed E-state index contributed by atoms with van der Waals surface area (Å²) in [6, 6.07) is 4.46. The highest BCUT2D eigenvalue weighted by atomic mass is 14.3. The Morgan fingerprint density at radius 1 is 0.941 bits per heavy atom. The van der Waals surface area contributed by atoms with Crippen molar-refractivity contribution in [2.24, 2.45) is 0 Å². The van der Waals surface area contributed by atoms with Crippen molar-refractivity contribution in [1.29, 1.82) is 0 Å². The summed E-state index contributed by atoms with van der Waals surface area (Å²) < 4.78 is 0. The third-order valence-electron chi connectivity index (χ3n) is 3.28. The van der Waals surface area contributed by atoms with E-state index in [0.717, 1.165) is 0 Å². The van der Waals surface area contributed by atoms with Gasteiger partial charge in [0.1, 0.15) is 0 Å². The zero-order valence-corrected chi connectivity index (χ0v) is 12.4. The molecule has 17 heavy (non-hydrogen) atoms. The second-order valence-electron chi connectivity index (χ2n) is 6.91. The van der Waals surface area contributed by atoms with Crippen LogP contribution in [0.3, 0.4) is 0 Å². The predicted molar refractivity (Wildman–Crippen MR) is 78.7 cm³/mol. The Hall–Kier alpha value is -1.04. The maximum Gasteiger partial charge on any atom is -0.0123 e. The van der Waals surface area contributed by atoms with E-state index in [0.29, 0.717) is 0 Å². The summed E-state index contributed by atoms with van der Waals surface area (Å²) in [7, 11) is 0. The van der Waals surface area contributed by atoms with Crippen LogP contribution in [0.25, 0.3) is 6.08 Å². The molecule has 0 bridgehead atoms. The fourth-order valence-electron chi connectivity index (χ4n) is 2.71. The summed E-state index contributed by atoms with van der Waals surface area (Å²) in [6.45, 7) is 19.8. The van der Waals surface area contributed by atoms with Gasteiger partial charge in [-0.25, -0.2) is 0 Å². The van der Waals surface area contributed by atoms with E-state index in [2.05, 4.69) is 67.2 Å². The van der Waals surface area contributed by atoms with E-state index in [1.54, 1.807) is 0 Å². The molecule has 0 aliphatic rings.